The Kier molecular flexibility index (Phi) is 5.97. The maximum atomic E-state index is 12.3. The van der Waals surface area contributed by atoms with Gasteiger partial charge in [0.2, 0.25) is 0 Å². The third kappa shape index (κ3) is 4.79. The molecule has 0 saturated heterocycles. The molecule has 0 heterocycles. The summed E-state index contributed by atoms with van der Waals surface area (Å²) in [5, 5.41) is 0. The molecule has 1 aliphatic carbocycles. The average molecular weight is 293 g/mol. The number of thiocarbonyl (C=S) groups is 1. The first kappa shape index (κ1) is 15.8. The fourth-order valence-corrected chi connectivity index (χ4v) is 3.95. The van der Waals surface area contributed by atoms with Gasteiger partial charge in [-0.3, -0.25) is 0 Å². The van der Waals surface area contributed by atoms with Crippen LogP contribution in [0.4, 0.5) is 0 Å². The summed E-state index contributed by atoms with van der Waals surface area (Å²) < 4.78 is 28.6. The van der Waals surface area contributed by atoms with Gasteiger partial charge in [0.25, 0.3) is 10.2 Å². The van der Waals surface area contributed by atoms with E-state index in [2.05, 4.69) is 4.72 Å². The van der Waals surface area contributed by atoms with Crippen LogP contribution in [0.15, 0.2) is 0 Å². The van der Waals surface area contributed by atoms with Crippen LogP contribution in [0.5, 0.6) is 0 Å². The number of hydrogen-bond donors (Lipinski definition) is 2. The van der Waals surface area contributed by atoms with Crippen LogP contribution in [0.2, 0.25) is 0 Å². The van der Waals surface area contributed by atoms with E-state index in [1.807, 2.05) is 13.8 Å². The van der Waals surface area contributed by atoms with E-state index in [4.69, 9.17) is 18.0 Å². The van der Waals surface area contributed by atoms with Gasteiger partial charge in [0.15, 0.2) is 0 Å². The number of nitrogens with two attached hydrogens (primary N) is 1. The molecule has 0 atom stereocenters. The Labute approximate surface area is 115 Å². The van der Waals surface area contributed by atoms with E-state index >= 15 is 0 Å². The first-order chi connectivity index (χ1) is 8.33. The SMILES string of the molecule is CC(C)CNS(=O)(=O)N(CC(N)=S)C1CCCC1. The molecular formula is C11H23N3O2S2. The normalized spacial score (nSPS) is 17.8. The van der Waals surface area contributed by atoms with Crippen molar-refractivity contribution in [3.8, 4) is 0 Å². The van der Waals surface area contributed by atoms with Crippen LogP contribution in [0.25, 0.3) is 0 Å². The second kappa shape index (κ2) is 6.79. The van der Waals surface area contributed by atoms with Crippen molar-refractivity contribution in [2.45, 2.75) is 45.6 Å². The lowest BCUT2D eigenvalue weighted by Gasteiger charge is -2.28. The summed E-state index contributed by atoms with van der Waals surface area (Å²) >= 11 is 4.86. The minimum atomic E-state index is -3.48. The molecule has 0 unspecified atom stereocenters. The second-order valence-electron chi connectivity index (χ2n) is 5.20. The third-order valence-electron chi connectivity index (χ3n) is 3.03. The van der Waals surface area contributed by atoms with Crippen molar-refractivity contribution in [2.75, 3.05) is 13.1 Å². The van der Waals surface area contributed by atoms with E-state index < -0.39 is 10.2 Å². The summed E-state index contributed by atoms with van der Waals surface area (Å²) in [7, 11) is -3.48. The Morgan fingerprint density at radius 1 is 1.44 bits per heavy atom. The molecule has 18 heavy (non-hydrogen) atoms. The van der Waals surface area contributed by atoms with E-state index in [1.54, 1.807) is 0 Å². The molecule has 1 aliphatic rings. The molecule has 0 spiro atoms. The molecule has 1 rings (SSSR count). The first-order valence-electron chi connectivity index (χ1n) is 6.37. The van der Waals surface area contributed by atoms with Crippen molar-refractivity contribution in [3.05, 3.63) is 0 Å². The van der Waals surface area contributed by atoms with E-state index in [1.165, 1.54) is 4.31 Å². The van der Waals surface area contributed by atoms with Crippen molar-refractivity contribution >= 4 is 27.4 Å². The van der Waals surface area contributed by atoms with Crippen LogP contribution in [0.3, 0.4) is 0 Å². The van der Waals surface area contributed by atoms with E-state index in [9.17, 15) is 8.42 Å². The molecule has 0 aromatic carbocycles. The topological polar surface area (TPSA) is 75.4 Å². The minimum Gasteiger partial charge on any atom is -0.392 e. The highest BCUT2D eigenvalue weighted by Crippen LogP contribution is 2.25. The van der Waals surface area contributed by atoms with Gasteiger partial charge in [-0.05, 0) is 18.8 Å². The molecule has 0 aromatic rings. The molecule has 1 saturated carbocycles. The minimum absolute atomic E-state index is 0.0381. The predicted molar refractivity (Wildman–Crippen MR) is 77.5 cm³/mol. The van der Waals surface area contributed by atoms with Crippen LogP contribution in [0, 0.1) is 5.92 Å². The maximum Gasteiger partial charge on any atom is 0.280 e. The standard InChI is InChI=1S/C11H23N3O2S2/c1-9(2)7-13-18(15,16)14(8-11(12)17)10-5-3-4-6-10/h9-10,13H,3-8H2,1-2H3,(H2,12,17). The molecule has 1 fully saturated rings. The average Bonchev–Trinajstić information content (AvgIpc) is 2.76. The Morgan fingerprint density at radius 3 is 2.44 bits per heavy atom. The van der Waals surface area contributed by atoms with Gasteiger partial charge in [-0.25, -0.2) is 4.72 Å². The Balaban J connectivity index is 2.76. The van der Waals surface area contributed by atoms with Gasteiger partial charge < -0.3 is 5.73 Å². The predicted octanol–water partition coefficient (Wildman–Crippen LogP) is 1.01. The van der Waals surface area contributed by atoms with Gasteiger partial charge in [0.05, 0.1) is 11.5 Å². The molecule has 0 aromatic heterocycles. The molecule has 0 radical (unpaired) electrons. The first-order valence-corrected chi connectivity index (χ1v) is 8.22. The van der Waals surface area contributed by atoms with Gasteiger partial charge in [0.1, 0.15) is 0 Å². The van der Waals surface area contributed by atoms with Crippen molar-refractivity contribution in [2.24, 2.45) is 11.7 Å². The second-order valence-corrected chi connectivity index (χ2v) is 7.43. The fourth-order valence-electron chi connectivity index (χ4n) is 2.11. The van der Waals surface area contributed by atoms with E-state index in [0.29, 0.717) is 6.54 Å². The summed E-state index contributed by atoms with van der Waals surface area (Å²) in [5.41, 5.74) is 5.51. The molecule has 0 aliphatic heterocycles. The zero-order valence-corrected chi connectivity index (χ0v) is 12.7. The highest BCUT2D eigenvalue weighted by Gasteiger charge is 2.32. The number of nitrogens with one attached hydrogen (secondary N) is 1. The van der Waals surface area contributed by atoms with Gasteiger partial charge in [0, 0.05) is 12.6 Å². The Bertz CT molecular complexity index is 376. The van der Waals surface area contributed by atoms with Crippen LogP contribution >= 0.6 is 12.2 Å². The summed E-state index contributed by atoms with van der Waals surface area (Å²) in [6, 6.07) is 0.0381. The maximum absolute atomic E-state index is 12.3. The fraction of sp³-hybridized carbons (Fsp3) is 0.909. The summed E-state index contributed by atoms with van der Waals surface area (Å²) in [4.78, 5) is 0.219. The van der Waals surface area contributed by atoms with Gasteiger partial charge in [-0.1, -0.05) is 38.9 Å². The highest BCUT2D eigenvalue weighted by molar-refractivity contribution is 7.87. The number of hydrogen-bond acceptors (Lipinski definition) is 3. The summed E-state index contributed by atoms with van der Waals surface area (Å²) in [6.07, 6.45) is 3.92. The number of nitrogens with zero attached hydrogens (tertiary/aromatic N) is 1. The Hall–Kier alpha value is -0.240. The largest absolute Gasteiger partial charge is 0.392 e. The molecule has 106 valence electrons. The van der Waals surface area contributed by atoms with Crippen molar-refractivity contribution in [1.29, 1.82) is 0 Å². The summed E-state index contributed by atoms with van der Waals surface area (Å²) in [5.74, 6) is 0.273. The monoisotopic (exact) mass is 293 g/mol. The molecule has 0 amide bonds. The van der Waals surface area contributed by atoms with Crippen LogP contribution < -0.4 is 10.5 Å². The van der Waals surface area contributed by atoms with Crippen LogP contribution in [-0.2, 0) is 10.2 Å². The van der Waals surface area contributed by atoms with E-state index in [-0.39, 0.29) is 23.5 Å². The van der Waals surface area contributed by atoms with Crippen LogP contribution in [-0.4, -0.2) is 36.8 Å². The summed E-state index contributed by atoms with van der Waals surface area (Å²) in [6.45, 7) is 4.50. The van der Waals surface area contributed by atoms with Crippen molar-refractivity contribution < 1.29 is 8.42 Å². The van der Waals surface area contributed by atoms with E-state index in [0.717, 1.165) is 25.7 Å². The zero-order chi connectivity index (χ0) is 13.8. The van der Waals surface area contributed by atoms with Crippen molar-refractivity contribution in [3.63, 3.8) is 0 Å². The lowest BCUT2D eigenvalue weighted by Crippen LogP contribution is -2.49. The highest BCUT2D eigenvalue weighted by atomic mass is 32.2. The third-order valence-corrected chi connectivity index (χ3v) is 4.73. The van der Waals surface area contributed by atoms with Gasteiger partial charge in [-0.2, -0.15) is 12.7 Å². The zero-order valence-electron chi connectivity index (χ0n) is 11.1. The quantitative estimate of drug-likeness (QED) is 0.687. The molecule has 0 bridgehead atoms. The van der Waals surface area contributed by atoms with Crippen LogP contribution in [0.1, 0.15) is 39.5 Å². The smallest absolute Gasteiger partial charge is 0.280 e. The Morgan fingerprint density at radius 2 is 2.00 bits per heavy atom. The molecule has 3 N–H and O–H groups in total. The van der Waals surface area contributed by atoms with Crippen molar-refractivity contribution in [1.82, 2.24) is 9.03 Å². The molecular weight excluding hydrogens is 270 g/mol. The molecule has 5 nitrogen and oxygen atoms in total. The van der Waals surface area contributed by atoms with Gasteiger partial charge >= 0.3 is 0 Å². The molecule has 7 heteroatoms. The lowest BCUT2D eigenvalue weighted by molar-refractivity contribution is 0.348. The number of rotatable bonds is 7. The lowest BCUT2D eigenvalue weighted by atomic mass is 10.2. The van der Waals surface area contributed by atoms with Gasteiger partial charge in [-0.15, -0.1) is 0 Å².